The molecule has 0 unspecified atom stereocenters. The lowest BCUT2D eigenvalue weighted by molar-refractivity contribution is -0.384. The van der Waals surface area contributed by atoms with Gasteiger partial charge in [0.05, 0.1) is 4.92 Å². The van der Waals surface area contributed by atoms with Gasteiger partial charge in [0.15, 0.2) is 5.78 Å². The first-order chi connectivity index (χ1) is 8.49. The van der Waals surface area contributed by atoms with Gasteiger partial charge in [0.1, 0.15) is 5.69 Å². The Balaban J connectivity index is 2.56. The Morgan fingerprint density at radius 2 is 2.11 bits per heavy atom. The van der Waals surface area contributed by atoms with E-state index in [0.29, 0.717) is 18.4 Å². The van der Waals surface area contributed by atoms with E-state index in [9.17, 15) is 19.7 Å². The minimum absolute atomic E-state index is 0.0753. The summed E-state index contributed by atoms with van der Waals surface area (Å²) in [4.78, 5) is 33.1. The molecule has 0 saturated carbocycles. The number of nitro benzene ring substituents is 1. The molecule has 1 aromatic rings. The third-order valence-electron chi connectivity index (χ3n) is 2.88. The largest absolute Gasteiger partial charge is 0.321 e. The first kappa shape index (κ1) is 12.2. The first-order valence-electron chi connectivity index (χ1n) is 5.61. The van der Waals surface area contributed by atoms with Crippen LogP contribution in [0.1, 0.15) is 35.7 Å². The van der Waals surface area contributed by atoms with Crippen molar-refractivity contribution in [2.24, 2.45) is 0 Å². The number of nitrogens with one attached hydrogen (secondary N) is 1. The second-order valence-corrected chi connectivity index (χ2v) is 4.24. The van der Waals surface area contributed by atoms with Crippen LogP contribution in [0.25, 0.3) is 0 Å². The third kappa shape index (κ3) is 2.22. The van der Waals surface area contributed by atoms with Gasteiger partial charge in [0.2, 0.25) is 5.91 Å². The van der Waals surface area contributed by atoms with Gasteiger partial charge in [0, 0.05) is 25.0 Å². The smallest absolute Gasteiger partial charge is 0.293 e. The van der Waals surface area contributed by atoms with Crippen LogP contribution in [0.5, 0.6) is 0 Å². The predicted molar refractivity (Wildman–Crippen MR) is 64.7 cm³/mol. The molecule has 1 amide bonds. The number of carbonyl (C=O) groups is 2. The molecule has 1 aromatic carbocycles. The quantitative estimate of drug-likeness (QED) is 0.640. The van der Waals surface area contributed by atoms with Gasteiger partial charge in [-0.1, -0.05) is 0 Å². The normalized spacial score (nSPS) is 13.9. The van der Waals surface area contributed by atoms with Crippen molar-refractivity contribution in [1.29, 1.82) is 0 Å². The number of rotatable bonds is 2. The fourth-order valence-corrected chi connectivity index (χ4v) is 2.11. The zero-order valence-corrected chi connectivity index (χ0v) is 9.86. The number of carbonyl (C=O) groups excluding carboxylic acids is 2. The minimum atomic E-state index is -0.590. The lowest BCUT2D eigenvalue weighted by Gasteiger charge is -2.16. The second kappa shape index (κ2) is 4.56. The SMILES string of the molecule is CC(=O)Nc1cc2c(cc1[N+](=O)[O-])C(=O)CCC2. The molecule has 6 heteroatoms. The number of nitrogens with zero attached hydrogens (tertiary/aromatic N) is 1. The van der Waals surface area contributed by atoms with Gasteiger partial charge in [-0.25, -0.2) is 0 Å². The van der Waals surface area contributed by atoms with E-state index in [2.05, 4.69) is 5.32 Å². The molecule has 0 fully saturated rings. The molecule has 18 heavy (non-hydrogen) atoms. The van der Waals surface area contributed by atoms with Gasteiger partial charge in [-0.3, -0.25) is 19.7 Å². The van der Waals surface area contributed by atoms with Crippen molar-refractivity contribution in [3.05, 3.63) is 33.4 Å². The molecule has 0 saturated heterocycles. The summed E-state index contributed by atoms with van der Waals surface area (Å²) in [7, 11) is 0. The molecule has 6 nitrogen and oxygen atoms in total. The summed E-state index contributed by atoms with van der Waals surface area (Å²) in [6, 6.07) is 2.80. The zero-order valence-electron chi connectivity index (χ0n) is 9.86. The zero-order chi connectivity index (χ0) is 13.3. The maximum atomic E-state index is 11.7. The van der Waals surface area contributed by atoms with Gasteiger partial charge in [-0.05, 0) is 24.5 Å². The van der Waals surface area contributed by atoms with Gasteiger partial charge in [-0.15, -0.1) is 0 Å². The molecule has 1 N–H and O–H groups in total. The van der Waals surface area contributed by atoms with Crippen molar-refractivity contribution in [2.45, 2.75) is 26.2 Å². The summed E-state index contributed by atoms with van der Waals surface area (Å²) < 4.78 is 0. The summed E-state index contributed by atoms with van der Waals surface area (Å²) in [5.74, 6) is -0.450. The Bertz CT molecular complexity index is 551. The monoisotopic (exact) mass is 248 g/mol. The number of fused-ring (bicyclic) bond motifs is 1. The Morgan fingerprint density at radius 1 is 1.39 bits per heavy atom. The Kier molecular flexibility index (Phi) is 3.10. The van der Waals surface area contributed by atoms with E-state index in [-0.39, 0.29) is 23.1 Å². The average molecular weight is 248 g/mol. The fourth-order valence-electron chi connectivity index (χ4n) is 2.11. The van der Waals surface area contributed by atoms with Crippen LogP contribution in [-0.4, -0.2) is 16.6 Å². The highest BCUT2D eigenvalue weighted by Gasteiger charge is 2.24. The standard InChI is InChI=1S/C12H12N2O4/c1-7(15)13-10-5-8-3-2-4-12(16)9(8)6-11(10)14(17)18/h5-6H,2-4H2,1H3,(H,13,15). The average Bonchev–Trinajstić information content (AvgIpc) is 2.27. The van der Waals surface area contributed by atoms with Gasteiger partial charge in [0.25, 0.3) is 5.69 Å². The van der Waals surface area contributed by atoms with Crippen molar-refractivity contribution in [3.8, 4) is 0 Å². The number of benzene rings is 1. The van der Waals surface area contributed by atoms with Gasteiger partial charge >= 0.3 is 0 Å². The lowest BCUT2D eigenvalue weighted by atomic mass is 9.89. The Hall–Kier alpha value is -2.24. The number of nitro groups is 1. The maximum Gasteiger partial charge on any atom is 0.293 e. The van der Waals surface area contributed by atoms with Crippen LogP contribution in [0.4, 0.5) is 11.4 Å². The maximum absolute atomic E-state index is 11.7. The topological polar surface area (TPSA) is 89.3 Å². The van der Waals surface area contributed by atoms with E-state index < -0.39 is 4.92 Å². The minimum Gasteiger partial charge on any atom is -0.321 e. The predicted octanol–water partition coefficient (Wildman–Crippen LogP) is 2.07. The van der Waals surface area contributed by atoms with Crippen LogP contribution in [0.15, 0.2) is 12.1 Å². The number of Topliss-reactive ketones (excluding diaryl/α,β-unsaturated/α-hetero) is 1. The van der Waals surface area contributed by atoms with E-state index >= 15 is 0 Å². The van der Waals surface area contributed by atoms with E-state index in [0.717, 1.165) is 12.0 Å². The molecular formula is C12H12N2O4. The third-order valence-corrected chi connectivity index (χ3v) is 2.88. The highest BCUT2D eigenvalue weighted by molar-refractivity contribution is 6.01. The van der Waals surface area contributed by atoms with Crippen LogP contribution in [0, 0.1) is 10.1 Å². The molecule has 0 atom stereocenters. The van der Waals surface area contributed by atoms with Crippen LogP contribution in [0.3, 0.4) is 0 Å². The van der Waals surface area contributed by atoms with Crippen LogP contribution in [0.2, 0.25) is 0 Å². The summed E-state index contributed by atoms with van der Waals surface area (Å²) in [5, 5.41) is 13.4. The van der Waals surface area contributed by atoms with Crippen LogP contribution in [-0.2, 0) is 11.2 Å². The van der Waals surface area contributed by atoms with E-state index in [1.165, 1.54) is 19.1 Å². The molecule has 1 aliphatic rings. The Labute approximate surface area is 103 Å². The summed E-state index contributed by atoms with van der Waals surface area (Å²) in [6.45, 7) is 1.29. The number of anilines is 1. The molecule has 0 bridgehead atoms. The summed E-state index contributed by atoms with van der Waals surface area (Å²) in [6.07, 6.45) is 1.86. The van der Waals surface area contributed by atoms with E-state index in [1.54, 1.807) is 0 Å². The van der Waals surface area contributed by atoms with Crippen molar-refractivity contribution < 1.29 is 14.5 Å². The number of amides is 1. The van der Waals surface area contributed by atoms with Crippen LogP contribution >= 0.6 is 0 Å². The first-order valence-corrected chi connectivity index (χ1v) is 5.61. The highest BCUT2D eigenvalue weighted by Crippen LogP contribution is 2.32. The molecule has 0 heterocycles. The summed E-state index contributed by atoms with van der Waals surface area (Å²) >= 11 is 0. The molecule has 0 radical (unpaired) electrons. The van der Waals surface area contributed by atoms with Gasteiger partial charge < -0.3 is 5.32 Å². The van der Waals surface area contributed by atoms with Crippen molar-refractivity contribution in [2.75, 3.05) is 5.32 Å². The number of aryl methyl sites for hydroxylation is 1. The summed E-state index contributed by atoms with van der Waals surface area (Å²) in [5.41, 5.74) is 1.09. The molecule has 1 aliphatic carbocycles. The highest BCUT2D eigenvalue weighted by atomic mass is 16.6. The van der Waals surface area contributed by atoms with Crippen molar-refractivity contribution in [3.63, 3.8) is 0 Å². The molecular weight excluding hydrogens is 236 g/mol. The molecule has 2 rings (SSSR count). The van der Waals surface area contributed by atoms with E-state index in [1.807, 2.05) is 0 Å². The number of ketones is 1. The molecule has 0 aliphatic heterocycles. The second-order valence-electron chi connectivity index (χ2n) is 4.24. The van der Waals surface area contributed by atoms with Crippen LogP contribution < -0.4 is 5.32 Å². The van der Waals surface area contributed by atoms with E-state index in [4.69, 9.17) is 0 Å². The Morgan fingerprint density at radius 3 is 2.72 bits per heavy atom. The number of hydrogen-bond donors (Lipinski definition) is 1. The lowest BCUT2D eigenvalue weighted by Crippen LogP contribution is -2.14. The fraction of sp³-hybridized carbons (Fsp3) is 0.333. The van der Waals surface area contributed by atoms with Crippen molar-refractivity contribution >= 4 is 23.1 Å². The molecule has 94 valence electrons. The van der Waals surface area contributed by atoms with Gasteiger partial charge in [-0.2, -0.15) is 0 Å². The molecule has 0 aromatic heterocycles. The molecule has 0 spiro atoms. The van der Waals surface area contributed by atoms with Crippen molar-refractivity contribution in [1.82, 2.24) is 0 Å². The number of hydrogen-bond acceptors (Lipinski definition) is 4.